The molecule has 0 aromatic rings. The topological polar surface area (TPSA) is 46.2 Å². The molecule has 1 rings (SSSR count). The molecule has 0 aromatic carbocycles. The summed E-state index contributed by atoms with van der Waals surface area (Å²) in [4.78, 5) is 0. The molecule has 3 atom stereocenters. The highest BCUT2D eigenvalue weighted by Crippen LogP contribution is 2.19. The fourth-order valence-corrected chi connectivity index (χ4v) is 1.15. The highest BCUT2D eigenvalue weighted by molar-refractivity contribution is 4.84. The van der Waals surface area contributed by atoms with E-state index < -0.39 is 18.3 Å². The number of halogens is 1. The van der Waals surface area contributed by atoms with Crippen LogP contribution >= 0.6 is 0 Å². The summed E-state index contributed by atoms with van der Waals surface area (Å²) in [6.07, 6.45) is 0.318. The molecule has 3 heteroatoms. The highest BCUT2D eigenvalue weighted by Gasteiger charge is 2.28. The predicted octanol–water partition coefficient (Wildman–Crippen LogP) is 0.197. The van der Waals surface area contributed by atoms with Crippen LogP contribution in [-0.2, 0) is 0 Å². The van der Waals surface area contributed by atoms with E-state index in [1.807, 2.05) is 0 Å². The maximum atomic E-state index is 12.5. The van der Waals surface area contributed by atoms with E-state index in [1.165, 1.54) is 0 Å². The largest absolute Gasteiger partial charge is 0.391 e. The van der Waals surface area contributed by atoms with Gasteiger partial charge < -0.3 is 10.8 Å². The third-order valence-corrected chi connectivity index (χ3v) is 1.84. The Morgan fingerprint density at radius 1 is 1.44 bits per heavy atom. The zero-order valence-corrected chi connectivity index (χ0v) is 5.26. The van der Waals surface area contributed by atoms with Crippen LogP contribution < -0.4 is 5.73 Å². The van der Waals surface area contributed by atoms with E-state index in [2.05, 4.69) is 0 Å². The van der Waals surface area contributed by atoms with Crippen LogP contribution in [0.1, 0.15) is 19.3 Å². The molecule has 1 fully saturated rings. The van der Waals surface area contributed by atoms with Crippen LogP contribution in [0, 0.1) is 0 Å². The molecule has 0 spiro atoms. The molecule has 0 amide bonds. The SMILES string of the molecule is N[C@@H]1[C@@H](O)CCC[C@@H]1F. The van der Waals surface area contributed by atoms with Gasteiger partial charge in [-0.3, -0.25) is 0 Å². The minimum Gasteiger partial charge on any atom is -0.391 e. The molecule has 0 radical (unpaired) electrons. The maximum absolute atomic E-state index is 12.5. The first-order chi connectivity index (χ1) is 4.22. The van der Waals surface area contributed by atoms with Crippen molar-refractivity contribution >= 4 is 0 Å². The molecular formula is C6H12FNO. The maximum Gasteiger partial charge on any atom is 0.118 e. The lowest BCUT2D eigenvalue weighted by Gasteiger charge is -2.27. The van der Waals surface area contributed by atoms with E-state index in [1.54, 1.807) is 0 Å². The quantitative estimate of drug-likeness (QED) is 0.495. The summed E-state index contributed by atoms with van der Waals surface area (Å²) in [6, 6.07) is -0.640. The number of rotatable bonds is 0. The molecule has 3 N–H and O–H groups in total. The van der Waals surface area contributed by atoms with Crippen molar-refractivity contribution in [2.24, 2.45) is 5.73 Å². The van der Waals surface area contributed by atoms with Gasteiger partial charge in [0.25, 0.3) is 0 Å². The van der Waals surface area contributed by atoms with Gasteiger partial charge in [-0.25, -0.2) is 4.39 Å². The molecule has 0 aliphatic heterocycles. The van der Waals surface area contributed by atoms with Crippen LogP contribution in [0.15, 0.2) is 0 Å². The van der Waals surface area contributed by atoms with E-state index in [9.17, 15) is 4.39 Å². The second-order valence-electron chi connectivity index (χ2n) is 2.59. The molecule has 1 aliphatic rings. The average molecular weight is 133 g/mol. The van der Waals surface area contributed by atoms with Gasteiger partial charge in [0.2, 0.25) is 0 Å². The van der Waals surface area contributed by atoms with Crippen molar-refractivity contribution in [1.29, 1.82) is 0 Å². The molecule has 1 saturated carbocycles. The summed E-state index contributed by atoms with van der Waals surface area (Å²) < 4.78 is 12.5. The van der Waals surface area contributed by atoms with E-state index in [4.69, 9.17) is 10.8 Å². The molecule has 9 heavy (non-hydrogen) atoms. The molecule has 0 bridgehead atoms. The Labute approximate surface area is 53.9 Å². The van der Waals surface area contributed by atoms with Gasteiger partial charge in [-0.1, -0.05) is 0 Å². The first-order valence-electron chi connectivity index (χ1n) is 3.29. The van der Waals surface area contributed by atoms with Crippen molar-refractivity contribution in [3.63, 3.8) is 0 Å². The van der Waals surface area contributed by atoms with Crippen LogP contribution in [0.3, 0.4) is 0 Å². The summed E-state index contributed by atoms with van der Waals surface area (Å²) in [5.41, 5.74) is 5.30. The Morgan fingerprint density at radius 3 is 2.56 bits per heavy atom. The number of aliphatic hydroxyl groups is 1. The Morgan fingerprint density at radius 2 is 2.11 bits per heavy atom. The Kier molecular flexibility index (Phi) is 2.03. The van der Waals surface area contributed by atoms with Gasteiger partial charge in [0.15, 0.2) is 0 Å². The molecule has 54 valence electrons. The molecule has 2 nitrogen and oxygen atoms in total. The van der Waals surface area contributed by atoms with Gasteiger partial charge in [-0.2, -0.15) is 0 Å². The zero-order chi connectivity index (χ0) is 6.85. The first-order valence-corrected chi connectivity index (χ1v) is 3.29. The second kappa shape index (κ2) is 2.62. The number of alkyl halides is 1. The predicted molar refractivity (Wildman–Crippen MR) is 32.7 cm³/mol. The summed E-state index contributed by atoms with van der Waals surface area (Å²) >= 11 is 0. The van der Waals surface area contributed by atoms with Crippen LogP contribution in [0.4, 0.5) is 4.39 Å². The van der Waals surface area contributed by atoms with E-state index in [-0.39, 0.29) is 0 Å². The number of hydrogen-bond acceptors (Lipinski definition) is 2. The van der Waals surface area contributed by atoms with Gasteiger partial charge in [-0.15, -0.1) is 0 Å². The van der Waals surface area contributed by atoms with E-state index >= 15 is 0 Å². The van der Waals surface area contributed by atoms with Gasteiger partial charge in [0, 0.05) is 0 Å². The number of hydrogen-bond donors (Lipinski definition) is 2. The third-order valence-electron chi connectivity index (χ3n) is 1.84. The zero-order valence-electron chi connectivity index (χ0n) is 5.26. The molecule has 0 heterocycles. The van der Waals surface area contributed by atoms with Crippen molar-refractivity contribution in [3.8, 4) is 0 Å². The molecular weight excluding hydrogens is 121 g/mol. The van der Waals surface area contributed by atoms with Crippen LogP contribution in [0.2, 0.25) is 0 Å². The Bertz CT molecular complexity index is 89.1. The Hall–Kier alpha value is -0.150. The lowest BCUT2D eigenvalue weighted by atomic mass is 9.92. The van der Waals surface area contributed by atoms with Gasteiger partial charge in [0.05, 0.1) is 12.1 Å². The molecule has 0 saturated heterocycles. The third kappa shape index (κ3) is 1.40. The van der Waals surface area contributed by atoms with Crippen LogP contribution in [0.5, 0.6) is 0 Å². The monoisotopic (exact) mass is 133 g/mol. The van der Waals surface area contributed by atoms with E-state index in [0.717, 1.165) is 6.42 Å². The summed E-state index contributed by atoms with van der Waals surface area (Å²) in [5.74, 6) is 0. The smallest absolute Gasteiger partial charge is 0.118 e. The second-order valence-corrected chi connectivity index (χ2v) is 2.59. The fourth-order valence-electron chi connectivity index (χ4n) is 1.15. The highest BCUT2D eigenvalue weighted by atomic mass is 19.1. The average Bonchev–Trinajstić information content (AvgIpc) is 1.83. The van der Waals surface area contributed by atoms with Gasteiger partial charge in [0.1, 0.15) is 6.17 Å². The molecule has 1 aliphatic carbocycles. The number of nitrogens with two attached hydrogens (primary N) is 1. The Balaban J connectivity index is 2.41. The molecule has 0 aromatic heterocycles. The molecule has 0 unspecified atom stereocenters. The minimum atomic E-state index is -0.992. The lowest BCUT2D eigenvalue weighted by molar-refractivity contribution is 0.0594. The van der Waals surface area contributed by atoms with Crippen molar-refractivity contribution in [1.82, 2.24) is 0 Å². The summed E-state index contributed by atoms with van der Waals surface area (Å²) in [6.45, 7) is 0. The van der Waals surface area contributed by atoms with Crippen molar-refractivity contribution in [2.45, 2.75) is 37.6 Å². The first kappa shape index (κ1) is 6.96. The van der Waals surface area contributed by atoms with E-state index in [0.29, 0.717) is 12.8 Å². The van der Waals surface area contributed by atoms with Crippen LogP contribution in [-0.4, -0.2) is 23.4 Å². The van der Waals surface area contributed by atoms with Crippen molar-refractivity contribution < 1.29 is 9.50 Å². The standard InChI is InChI=1S/C6H12FNO/c7-4-2-1-3-5(9)6(4)8/h4-6,9H,1-3,8H2/t4-,5-,6-/m0/s1. The van der Waals surface area contributed by atoms with Crippen molar-refractivity contribution in [3.05, 3.63) is 0 Å². The van der Waals surface area contributed by atoms with Crippen LogP contribution in [0.25, 0.3) is 0 Å². The fraction of sp³-hybridized carbons (Fsp3) is 1.00. The summed E-state index contributed by atoms with van der Waals surface area (Å²) in [5, 5.41) is 8.98. The normalized spacial score (nSPS) is 45.0. The van der Waals surface area contributed by atoms with Crippen molar-refractivity contribution in [2.75, 3.05) is 0 Å². The number of aliphatic hydroxyl groups excluding tert-OH is 1. The van der Waals surface area contributed by atoms with Gasteiger partial charge in [-0.05, 0) is 19.3 Å². The van der Waals surface area contributed by atoms with Gasteiger partial charge >= 0.3 is 0 Å². The minimum absolute atomic E-state index is 0.512. The lowest BCUT2D eigenvalue weighted by Crippen LogP contribution is -2.45. The summed E-state index contributed by atoms with van der Waals surface area (Å²) in [7, 11) is 0.